The molecule has 1 aliphatic heterocycles. The van der Waals surface area contributed by atoms with Crippen LogP contribution in [-0.4, -0.2) is 53.3 Å². The molecule has 0 spiro atoms. The molecule has 0 bridgehead atoms. The summed E-state index contributed by atoms with van der Waals surface area (Å²) in [5.74, 6) is -0.343. The number of carbonyl (C=O) groups is 1. The van der Waals surface area contributed by atoms with Gasteiger partial charge in [0, 0.05) is 6.54 Å². The number of rotatable bonds is 2. The van der Waals surface area contributed by atoms with Crippen molar-refractivity contribution in [1.82, 2.24) is 9.88 Å². The molecule has 0 aliphatic carbocycles. The van der Waals surface area contributed by atoms with Crippen molar-refractivity contribution < 1.29 is 14.6 Å². The fourth-order valence-corrected chi connectivity index (χ4v) is 2.11. The van der Waals surface area contributed by atoms with Gasteiger partial charge in [-0.2, -0.15) is 0 Å². The molecule has 1 unspecified atom stereocenters. The Kier molecular flexibility index (Phi) is 4.40. The molecule has 7 heteroatoms. The number of amides is 1. The van der Waals surface area contributed by atoms with Crippen molar-refractivity contribution in [1.29, 1.82) is 0 Å². The maximum absolute atomic E-state index is 12.3. The number of nitrogens with zero attached hydrogens (tertiary/aromatic N) is 2. The molecule has 1 N–H and O–H groups in total. The molecule has 2 rings (SSSR count). The van der Waals surface area contributed by atoms with Crippen LogP contribution in [-0.2, 0) is 4.74 Å². The third-order valence-electron chi connectivity index (χ3n) is 2.71. The SMILES string of the molecule is O=C(c1nc(Cl)ccc1Cl)N1CCOCC1CO. The van der Waals surface area contributed by atoms with Crippen molar-refractivity contribution in [2.24, 2.45) is 0 Å². The fourth-order valence-electron chi connectivity index (χ4n) is 1.78. The van der Waals surface area contributed by atoms with Gasteiger partial charge in [0.1, 0.15) is 10.8 Å². The molecule has 1 aromatic heterocycles. The summed E-state index contributed by atoms with van der Waals surface area (Å²) >= 11 is 11.7. The van der Waals surface area contributed by atoms with E-state index in [9.17, 15) is 9.90 Å². The minimum absolute atomic E-state index is 0.101. The van der Waals surface area contributed by atoms with Gasteiger partial charge in [0.25, 0.3) is 5.91 Å². The minimum Gasteiger partial charge on any atom is -0.394 e. The molecule has 0 saturated carbocycles. The van der Waals surface area contributed by atoms with Gasteiger partial charge >= 0.3 is 0 Å². The molecule has 5 nitrogen and oxygen atoms in total. The number of aliphatic hydroxyl groups excluding tert-OH is 1. The van der Waals surface area contributed by atoms with Gasteiger partial charge in [0.2, 0.25) is 0 Å². The van der Waals surface area contributed by atoms with E-state index in [0.29, 0.717) is 19.8 Å². The Bertz CT molecular complexity index is 456. The molecule has 1 fully saturated rings. The zero-order valence-electron chi connectivity index (χ0n) is 9.47. The van der Waals surface area contributed by atoms with Gasteiger partial charge < -0.3 is 14.7 Å². The topological polar surface area (TPSA) is 62.7 Å². The highest BCUT2D eigenvalue weighted by Gasteiger charge is 2.29. The van der Waals surface area contributed by atoms with Crippen LogP contribution in [0.15, 0.2) is 12.1 Å². The Labute approximate surface area is 114 Å². The first-order valence-electron chi connectivity index (χ1n) is 5.45. The molecule has 2 heterocycles. The maximum Gasteiger partial charge on any atom is 0.274 e. The van der Waals surface area contributed by atoms with E-state index < -0.39 is 0 Å². The highest BCUT2D eigenvalue weighted by Crippen LogP contribution is 2.20. The Morgan fingerprint density at radius 2 is 2.33 bits per heavy atom. The molecule has 0 aromatic carbocycles. The number of ether oxygens (including phenoxy) is 1. The number of hydrogen-bond donors (Lipinski definition) is 1. The Morgan fingerprint density at radius 3 is 3.06 bits per heavy atom. The molecule has 98 valence electrons. The fraction of sp³-hybridized carbons (Fsp3) is 0.455. The van der Waals surface area contributed by atoms with Crippen molar-refractivity contribution in [3.8, 4) is 0 Å². The van der Waals surface area contributed by atoms with Crippen molar-refractivity contribution in [2.75, 3.05) is 26.4 Å². The Morgan fingerprint density at radius 1 is 1.56 bits per heavy atom. The van der Waals surface area contributed by atoms with Crippen LogP contribution in [0.3, 0.4) is 0 Å². The highest BCUT2D eigenvalue weighted by atomic mass is 35.5. The highest BCUT2D eigenvalue weighted by molar-refractivity contribution is 6.34. The molecule has 1 amide bonds. The molecule has 1 aromatic rings. The smallest absolute Gasteiger partial charge is 0.274 e. The summed E-state index contributed by atoms with van der Waals surface area (Å²) in [5.41, 5.74) is 0.101. The molecule has 1 aliphatic rings. The first-order chi connectivity index (χ1) is 8.63. The van der Waals surface area contributed by atoms with Crippen LogP contribution in [0.4, 0.5) is 0 Å². The molecule has 0 radical (unpaired) electrons. The number of morpholine rings is 1. The van der Waals surface area contributed by atoms with Crippen LogP contribution < -0.4 is 0 Å². The van der Waals surface area contributed by atoms with Gasteiger partial charge in [-0.3, -0.25) is 4.79 Å². The largest absolute Gasteiger partial charge is 0.394 e. The Balaban J connectivity index is 2.26. The monoisotopic (exact) mass is 290 g/mol. The van der Waals surface area contributed by atoms with Crippen molar-refractivity contribution in [3.63, 3.8) is 0 Å². The minimum atomic E-state index is -0.372. The standard InChI is InChI=1S/C11H12Cl2N2O3/c12-8-1-2-9(13)14-10(8)11(17)15-3-4-18-6-7(15)5-16/h1-2,7,16H,3-6H2. The number of carbonyl (C=O) groups excluding carboxylic acids is 1. The van der Waals surface area contributed by atoms with Gasteiger partial charge in [-0.15, -0.1) is 0 Å². The number of halogens is 2. The summed E-state index contributed by atoms with van der Waals surface area (Å²) in [6, 6.07) is 2.67. The number of hydrogen-bond acceptors (Lipinski definition) is 4. The summed E-state index contributed by atoms with van der Waals surface area (Å²) in [4.78, 5) is 17.7. The van der Waals surface area contributed by atoms with Gasteiger partial charge in [0.05, 0.1) is 30.9 Å². The summed E-state index contributed by atoms with van der Waals surface area (Å²) in [5, 5.41) is 9.68. The predicted octanol–water partition coefficient (Wildman–Crippen LogP) is 1.22. The van der Waals surface area contributed by atoms with E-state index in [2.05, 4.69) is 4.98 Å². The van der Waals surface area contributed by atoms with Crippen molar-refractivity contribution in [2.45, 2.75) is 6.04 Å². The lowest BCUT2D eigenvalue weighted by Crippen LogP contribution is -2.50. The zero-order chi connectivity index (χ0) is 13.1. The molecule has 1 saturated heterocycles. The van der Waals surface area contributed by atoms with Crippen LogP contribution in [0.25, 0.3) is 0 Å². The van der Waals surface area contributed by atoms with E-state index in [1.807, 2.05) is 0 Å². The summed E-state index contributed by atoms with van der Waals surface area (Å²) in [6.07, 6.45) is 0. The lowest BCUT2D eigenvalue weighted by Gasteiger charge is -2.34. The van der Waals surface area contributed by atoms with Crippen LogP contribution >= 0.6 is 23.2 Å². The average molecular weight is 291 g/mol. The average Bonchev–Trinajstić information content (AvgIpc) is 2.40. The summed E-state index contributed by atoms with van der Waals surface area (Å²) in [7, 11) is 0. The predicted molar refractivity (Wildman–Crippen MR) is 67.0 cm³/mol. The molecular formula is C11H12Cl2N2O3. The van der Waals surface area contributed by atoms with E-state index in [0.717, 1.165) is 0 Å². The van der Waals surface area contributed by atoms with Crippen LogP contribution in [0.5, 0.6) is 0 Å². The summed E-state index contributed by atoms with van der Waals surface area (Å²) in [6.45, 7) is 0.972. The van der Waals surface area contributed by atoms with E-state index in [4.69, 9.17) is 27.9 Å². The molecule has 18 heavy (non-hydrogen) atoms. The van der Waals surface area contributed by atoms with Crippen LogP contribution in [0.2, 0.25) is 10.2 Å². The lowest BCUT2D eigenvalue weighted by atomic mass is 10.2. The number of pyridine rings is 1. The normalized spacial score (nSPS) is 19.9. The van der Waals surface area contributed by atoms with Crippen LogP contribution in [0, 0.1) is 0 Å². The second-order valence-electron chi connectivity index (χ2n) is 3.87. The van der Waals surface area contributed by atoms with Crippen molar-refractivity contribution >= 4 is 29.1 Å². The summed E-state index contributed by atoms with van der Waals surface area (Å²) < 4.78 is 5.21. The quantitative estimate of drug-likeness (QED) is 0.832. The third kappa shape index (κ3) is 2.75. The van der Waals surface area contributed by atoms with E-state index in [1.165, 1.54) is 17.0 Å². The first-order valence-corrected chi connectivity index (χ1v) is 6.20. The third-order valence-corrected chi connectivity index (χ3v) is 3.23. The van der Waals surface area contributed by atoms with E-state index in [-0.39, 0.29) is 34.4 Å². The maximum atomic E-state index is 12.3. The number of aromatic nitrogens is 1. The van der Waals surface area contributed by atoms with Crippen molar-refractivity contribution in [3.05, 3.63) is 28.0 Å². The lowest BCUT2D eigenvalue weighted by molar-refractivity contribution is -0.0186. The van der Waals surface area contributed by atoms with Gasteiger partial charge in [-0.05, 0) is 12.1 Å². The van der Waals surface area contributed by atoms with E-state index in [1.54, 1.807) is 0 Å². The zero-order valence-corrected chi connectivity index (χ0v) is 11.0. The van der Waals surface area contributed by atoms with E-state index >= 15 is 0 Å². The second kappa shape index (κ2) is 5.84. The van der Waals surface area contributed by atoms with Crippen LogP contribution in [0.1, 0.15) is 10.5 Å². The Hall–Kier alpha value is -0.880. The second-order valence-corrected chi connectivity index (χ2v) is 4.67. The van der Waals surface area contributed by atoms with Gasteiger partial charge in [-0.25, -0.2) is 4.98 Å². The molecular weight excluding hydrogens is 279 g/mol. The van der Waals surface area contributed by atoms with Gasteiger partial charge in [-0.1, -0.05) is 23.2 Å². The first kappa shape index (κ1) is 13.5. The molecule has 1 atom stereocenters. The van der Waals surface area contributed by atoms with Gasteiger partial charge in [0.15, 0.2) is 0 Å². The number of aliphatic hydroxyl groups is 1.